The molecule has 0 spiro atoms. The summed E-state index contributed by atoms with van der Waals surface area (Å²) in [7, 11) is 2.07. The van der Waals surface area contributed by atoms with Gasteiger partial charge in [0.2, 0.25) is 5.91 Å². The molecule has 2 saturated heterocycles. The Morgan fingerprint density at radius 3 is 2.39 bits per heavy atom. The van der Waals surface area contributed by atoms with Crippen molar-refractivity contribution in [3.63, 3.8) is 0 Å². The molecular weight excluding hydrogens is 226 g/mol. The number of likely N-dealkylation sites (N-methyl/N-ethyl adjacent to an activating group) is 1. The van der Waals surface area contributed by atoms with Crippen molar-refractivity contribution in [1.82, 2.24) is 14.7 Å². The SMILES string of the molecule is CCC(C)N1CCN(C(=O)C2CCCN2C)CC1. The molecule has 2 rings (SSSR count). The van der Waals surface area contributed by atoms with Gasteiger partial charge in [-0.1, -0.05) is 6.92 Å². The number of carbonyl (C=O) groups excluding carboxylic acids is 1. The molecular formula is C14H27N3O. The van der Waals surface area contributed by atoms with E-state index in [2.05, 4.69) is 35.6 Å². The van der Waals surface area contributed by atoms with Gasteiger partial charge < -0.3 is 4.90 Å². The van der Waals surface area contributed by atoms with Gasteiger partial charge in [-0.3, -0.25) is 14.6 Å². The summed E-state index contributed by atoms with van der Waals surface area (Å²) < 4.78 is 0. The zero-order chi connectivity index (χ0) is 13.1. The Bertz CT molecular complexity index is 287. The first-order valence-corrected chi connectivity index (χ1v) is 7.36. The summed E-state index contributed by atoms with van der Waals surface area (Å²) in [5.41, 5.74) is 0. The Balaban J connectivity index is 1.84. The summed E-state index contributed by atoms with van der Waals surface area (Å²) in [6.07, 6.45) is 3.40. The van der Waals surface area contributed by atoms with Crippen molar-refractivity contribution >= 4 is 5.91 Å². The van der Waals surface area contributed by atoms with Gasteiger partial charge >= 0.3 is 0 Å². The number of piperazine rings is 1. The van der Waals surface area contributed by atoms with Crippen LogP contribution in [0.15, 0.2) is 0 Å². The van der Waals surface area contributed by atoms with E-state index >= 15 is 0 Å². The minimum Gasteiger partial charge on any atom is -0.339 e. The molecule has 2 heterocycles. The molecule has 2 atom stereocenters. The first-order valence-electron chi connectivity index (χ1n) is 7.36. The minimum absolute atomic E-state index is 0.153. The van der Waals surface area contributed by atoms with E-state index in [0.29, 0.717) is 11.9 Å². The molecule has 2 aliphatic rings. The summed E-state index contributed by atoms with van der Waals surface area (Å²) in [6, 6.07) is 0.802. The van der Waals surface area contributed by atoms with Crippen LogP contribution in [0.1, 0.15) is 33.1 Å². The van der Waals surface area contributed by atoms with Gasteiger partial charge in [0.15, 0.2) is 0 Å². The van der Waals surface area contributed by atoms with Crippen molar-refractivity contribution in [2.45, 2.75) is 45.2 Å². The topological polar surface area (TPSA) is 26.8 Å². The molecule has 0 aromatic heterocycles. The number of rotatable bonds is 3. The average molecular weight is 253 g/mol. The van der Waals surface area contributed by atoms with E-state index in [9.17, 15) is 4.79 Å². The van der Waals surface area contributed by atoms with Crippen LogP contribution in [-0.4, -0.2) is 72.5 Å². The lowest BCUT2D eigenvalue weighted by Gasteiger charge is -2.39. The van der Waals surface area contributed by atoms with Gasteiger partial charge in [-0.2, -0.15) is 0 Å². The maximum Gasteiger partial charge on any atom is 0.240 e. The fraction of sp³-hybridized carbons (Fsp3) is 0.929. The normalized spacial score (nSPS) is 28.6. The molecule has 0 bridgehead atoms. The highest BCUT2D eigenvalue weighted by atomic mass is 16.2. The lowest BCUT2D eigenvalue weighted by molar-refractivity contribution is -0.137. The second kappa shape index (κ2) is 6.02. The van der Waals surface area contributed by atoms with Gasteiger partial charge in [0.1, 0.15) is 0 Å². The Hall–Kier alpha value is -0.610. The van der Waals surface area contributed by atoms with Crippen LogP contribution in [0.3, 0.4) is 0 Å². The summed E-state index contributed by atoms with van der Waals surface area (Å²) in [5, 5.41) is 0. The first-order chi connectivity index (χ1) is 8.63. The maximum atomic E-state index is 12.4. The molecule has 18 heavy (non-hydrogen) atoms. The molecule has 0 radical (unpaired) electrons. The highest BCUT2D eigenvalue weighted by Crippen LogP contribution is 2.18. The summed E-state index contributed by atoms with van der Waals surface area (Å²) in [5.74, 6) is 0.360. The van der Waals surface area contributed by atoms with Gasteiger partial charge in [0.25, 0.3) is 0 Å². The highest BCUT2D eigenvalue weighted by molar-refractivity contribution is 5.82. The van der Waals surface area contributed by atoms with E-state index in [1.807, 2.05) is 0 Å². The van der Waals surface area contributed by atoms with Gasteiger partial charge in [-0.05, 0) is 39.8 Å². The molecule has 0 aromatic carbocycles. The monoisotopic (exact) mass is 253 g/mol. The summed E-state index contributed by atoms with van der Waals surface area (Å²) >= 11 is 0. The number of hydrogen-bond acceptors (Lipinski definition) is 3. The Kier molecular flexibility index (Phi) is 4.62. The molecule has 4 nitrogen and oxygen atoms in total. The molecule has 0 aliphatic carbocycles. The highest BCUT2D eigenvalue weighted by Gasteiger charge is 2.33. The smallest absolute Gasteiger partial charge is 0.240 e. The molecule has 104 valence electrons. The number of carbonyl (C=O) groups is 1. The standard InChI is InChI=1S/C14H27N3O/c1-4-12(2)16-8-10-17(11-9-16)14(18)13-6-5-7-15(13)3/h12-13H,4-11H2,1-3H3. The van der Waals surface area contributed by atoms with Crippen LogP contribution in [0, 0.1) is 0 Å². The second-order valence-corrected chi connectivity index (χ2v) is 5.76. The summed E-state index contributed by atoms with van der Waals surface area (Å²) in [4.78, 5) is 19.2. The van der Waals surface area contributed by atoms with Crippen molar-refractivity contribution in [3.8, 4) is 0 Å². The Labute approximate surface area is 111 Å². The van der Waals surface area contributed by atoms with Crippen molar-refractivity contribution in [2.24, 2.45) is 0 Å². The Morgan fingerprint density at radius 2 is 1.89 bits per heavy atom. The van der Waals surface area contributed by atoms with Crippen LogP contribution in [0.2, 0.25) is 0 Å². The molecule has 2 aliphatic heterocycles. The zero-order valence-corrected chi connectivity index (χ0v) is 12.1. The number of likely N-dealkylation sites (tertiary alicyclic amines) is 1. The van der Waals surface area contributed by atoms with Crippen LogP contribution in [0.4, 0.5) is 0 Å². The molecule has 2 unspecified atom stereocenters. The largest absolute Gasteiger partial charge is 0.339 e. The maximum absolute atomic E-state index is 12.4. The van der Waals surface area contributed by atoms with E-state index in [-0.39, 0.29) is 6.04 Å². The third-order valence-electron chi connectivity index (χ3n) is 4.65. The van der Waals surface area contributed by atoms with Crippen molar-refractivity contribution < 1.29 is 4.79 Å². The van der Waals surface area contributed by atoms with E-state index in [1.54, 1.807) is 0 Å². The van der Waals surface area contributed by atoms with Crippen molar-refractivity contribution in [2.75, 3.05) is 39.8 Å². The molecule has 1 amide bonds. The van der Waals surface area contributed by atoms with Crippen molar-refractivity contribution in [1.29, 1.82) is 0 Å². The lowest BCUT2D eigenvalue weighted by atomic mass is 10.1. The zero-order valence-electron chi connectivity index (χ0n) is 12.1. The summed E-state index contributed by atoms with van der Waals surface area (Å²) in [6.45, 7) is 9.48. The molecule has 4 heteroatoms. The molecule has 0 N–H and O–H groups in total. The molecule has 2 fully saturated rings. The van der Waals surface area contributed by atoms with Gasteiger partial charge in [-0.25, -0.2) is 0 Å². The van der Waals surface area contributed by atoms with Crippen LogP contribution >= 0.6 is 0 Å². The lowest BCUT2D eigenvalue weighted by Crippen LogP contribution is -2.54. The van der Waals surface area contributed by atoms with E-state index < -0.39 is 0 Å². The quantitative estimate of drug-likeness (QED) is 0.751. The second-order valence-electron chi connectivity index (χ2n) is 5.76. The van der Waals surface area contributed by atoms with Crippen LogP contribution in [0.25, 0.3) is 0 Å². The number of hydrogen-bond donors (Lipinski definition) is 0. The fourth-order valence-corrected chi connectivity index (χ4v) is 3.07. The van der Waals surface area contributed by atoms with E-state index in [4.69, 9.17) is 0 Å². The van der Waals surface area contributed by atoms with Crippen LogP contribution in [0.5, 0.6) is 0 Å². The third kappa shape index (κ3) is 2.86. The first kappa shape index (κ1) is 13.8. The van der Waals surface area contributed by atoms with E-state index in [0.717, 1.165) is 39.1 Å². The minimum atomic E-state index is 0.153. The third-order valence-corrected chi connectivity index (χ3v) is 4.65. The number of amides is 1. The fourth-order valence-electron chi connectivity index (χ4n) is 3.07. The van der Waals surface area contributed by atoms with Gasteiger partial charge in [0.05, 0.1) is 6.04 Å². The predicted molar refractivity (Wildman–Crippen MR) is 73.6 cm³/mol. The van der Waals surface area contributed by atoms with Crippen LogP contribution in [-0.2, 0) is 4.79 Å². The van der Waals surface area contributed by atoms with Gasteiger partial charge in [-0.15, -0.1) is 0 Å². The molecule has 0 saturated carbocycles. The Morgan fingerprint density at radius 1 is 1.22 bits per heavy atom. The van der Waals surface area contributed by atoms with Gasteiger partial charge in [0, 0.05) is 32.2 Å². The number of nitrogens with zero attached hydrogens (tertiary/aromatic N) is 3. The van der Waals surface area contributed by atoms with Crippen molar-refractivity contribution in [3.05, 3.63) is 0 Å². The van der Waals surface area contributed by atoms with E-state index in [1.165, 1.54) is 12.8 Å². The van der Waals surface area contributed by atoms with Crippen LogP contribution < -0.4 is 0 Å². The molecule has 0 aromatic rings. The predicted octanol–water partition coefficient (Wildman–Crippen LogP) is 1.02. The average Bonchev–Trinajstić information content (AvgIpc) is 2.83.